The first kappa shape index (κ1) is 13.9. The molecule has 19 heavy (non-hydrogen) atoms. The third kappa shape index (κ3) is 2.85. The van der Waals surface area contributed by atoms with Gasteiger partial charge in [0.25, 0.3) is 0 Å². The maximum Gasteiger partial charge on any atom is 0.0309 e. The number of nitrogens with one attached hydrogen (secondary N) is 1. The Balaban J connectivity index is 1.70. The molecule has 3 aliphatic rings. The average molecular weight is 264 g/mol. The molecule has 2 saturated carbocycles. The molecule has 0 aromatic carbocycles. The molecule has 0 amide bonds. The SMILES string of the molecule is CC1(C)CCCCC1N1CCNC2(CCCCC2)C1. The van der Waals surface area contributed by atoms with Gasteiger partial charge in [0.05, 0.1) is 0 Å². The van der Waals surface area contributed by atoms with Crippen LogP contribution in [0.5, 0.6) is 0 Å². The zero-order chi connectivity index (χ0) is 13.3. The van der Waals surface area contributed by atoms with Gasteiger partial charge in [-0.3, -0.25) is 4.90 Å². The third-order valence-electron chi connectivity index (χ3n) is 6.11. The largest absolute Gasteiger partial charge is 0.309 e. The second-order valence-corrected chi connectivity index (χ2v) is 7.99. The molecule has 1 unspecified atom stereocenters. The molecule has 1 N–H and O–H groups in total. The van der Waals surface area contributed by atoms with Gasteiger partial charge in [-0.1, -0.05) is 46.0 Å². The van der Waals surface area contributed by atoms with Gasteiger partial charge < -0.3 is 5.32 Å². The fourth-order valence-electron chi connectivity index (χ4n) is 4.97. The van der Waals surface area contributed by atoms with Gasteiger partial charge in [0, 0.05) is 31.2 Å². The fraction of sp³-hybridized carbons (Fsp3) is 1.00. The van der Waals surface area contributed by atoms with Crippen molar-refractivity contribution in [1.29, 1.82) is 0 Å². The molecule has 2 nitrogen and oxygen atoms in total. The number of rotatable bonds is 1. The van der Waals surface area contributed by atoms with E-state index in [1.807, 2.05) is 0 Å². The number of hydrogen-bond acceptors (Lipinski definition) is 2. The van der Waals surface area contributed by atoms with Crippen LogP contribution in [0.3, 0.4) is 0 Å². The van der Waals surface area contributed by atoms with Crippen LogP contribution in [0.1, 0.15) is 71.6 Å². The summed E-state index contributed by atoms with van der Waals surface area (Å²) in [5.41, 5.74) is 1.01. The minimum absolute atomic E-state index is 0.476. The Kier molecular flexibility index (Phi) is 3.92. The predicted molar refractivity (Wildman–Crippen MR) is 81.4 cm³/mol. The molecule has 0 bridgehead atoms. The summed E-state index contributed by atoms with van der Waals surface area (Å²) in [6, 6.07) is 0.835. The van der Waals surface area contributed by atoms with E-state index in [0.29, 0.717) is 11.0 Å². The second kappa shape index (κ2) is 5.37. The third-order valence-corrected chi connectivity index (χ3v) is 6.11. The van der Waals surface area contributed by atoms with Crippen molar-refractivity contribution in [1.82, 2.24) is 10.2 Å². The lowest BCUT2D eigenvalue weighted by Gasteiger charge is -2.53. The first-order valence-electron chi connectivity index (χ1n) is 8.61. The van der Waals surface area contributed by atoms with Gasteiger partial charge >= 0.3 is 0 Å². The van der Waals surface area contributed by atoms with Crippen molar-refractivity contribution in [3.63, 3.8) is 0 Å². The van der Waals surface area contributed by atoms with Gasteiger partial charge in [0.1, 0.15) is 0 Å². The molecular formula is C17H32N2. The summed E-state index contributed by atoms with van der Waals surface area (Å²) in [4.78, 5) is 2.86. The van der Waals surface area contributed by atoms with E-state index in [1.54, 1.807) is 0 Å². The van der Waals surface area contributed by atoms with Crippen LogP contribution in [0, 0.1) is 5.41 Å². The van der Waals surface area contributed by atoms with E-state index in [4.69, 9.17) is 0 Å². The Hall–Kier alpha value is -0.0800. The summed E-state index contributed by atoms with van der Waals surface area (Å²) in [7, 11) is 0. The molecule has 1 heterocycles. The molecule has 3 rings (SSSR count). The van der Waals surface area contributed by atoms with Gasteiger partial charge in [0.15, 0.2) is 0 Å². The van der Waals surface area contributed by atoms with E-state index < -0.39 is 0 Å². The second-order valence-electron chi connectivity index (χ2n) is 7.99. The summed E-state index contributed by atoms with van der Waals surface area (Å²) in [5, 5.41) is 3.89. The van der Waals surface area contributed by atoms with E-state index in [9.17, 15) is 0 Å². The molecule has 0 aromatic rings. The van der Waals surface area contributed by atoms with Crippen LogP contribution >= 0.6 is 0 Å². The van der Waals surface area contributed by atoms with Crippen LogP contribution < -0.4 is 5.32 Å². The maximum absolute atomic E-state index is 3.89. The molecular weight excluding hydrogens is 232 g/mol. The normalized spacial score (nSPS) is 35.4. The standard InChI is InChI=1S/C17H32N2/c1-16(2)9-7-4-8-15(16)19-13-12-18-17(14-19)10-5-3-6-11-17/h15,18H,3-14H2,1-2H3. The topological polar surface area (TPSA) is 15.3 Å². The quantitative estimate of drug-likeness (QED) is 0.779. The molecule has 1 aliphatic heterocycles. The first-order chi connectivity index (χ1) is 9.11. The van der Waals surface area contributed by atoms with Crippen LogP contribution in [-0.2, 0) is 0 Å². The summed E-state index contributed by atoms with van der Waals surface area (Å²) >= 11 is 0. The Morgan fingerprint density at radius 1 is 0.947 bits per heavy atom. The minimum atomic E-state index is 0.476. The molecule has 3 fully saturated rings. The minimum Gasteiger partial charge on any atom is -0.309 e. The first-order valence-corrected chi connectivity index (χ1v) is 8.61. The van der Waals surface area contributed by atoms with Crippen molar-refractivity contribution in [3.8, 4) is 0 Å². The Morgan fingerprint density at radius 2 is 1.68 bits per heavy atom. The number of hydrogen-bond donors (Lipinski definition) is 1. The van der Waals surface area contributed by atoms with Crippen LogP contribution in [0.25, 0.3) is 0 Å². The van der Waals surface area contributed by atoms with Crippen molar-refractivity contribution in [2.45, 2.75) is 83.2 Å². The van der Waals surface area contributed by atoms with E-state index in [0.717, 1.165) is 6.04 Å². The summed E-state index contributed by atoms with van der Waals surface area (Å²) in [6.07, 6.45) is 12.9. The van der Waals surface area contributed by atoms with Gasteiger partial charge in [-0.05, 0) is 31.1 Å². The Morgan fingerprint density at radius 3 is 2.42 bits per heavy atom. The highest BCUT2D eigenvalue weighted by Crippen LogP contribution is 2.41. The van der Waals surface area contributed by atoms with Crippen LogP contribution in [0.15, 0.2) is 0 Å². The van der Waals surface area contributed by atoms with Gasteiger partial charge in [-0.15, -0.1) is 0 Å². The van der Waals surface area contributed by atoms with Crippen LogP contribution in [0.2, 0.25) is 0 Å². The van der Waals surface area contributed by atoms with E-state index >= 15 is 0 Å². The van der Waals surface area contributed by atoms with Gasteiger partial charge in [0.2, 0.25) is 0 Å². The monoisotopic (exact) mass is 264 g/mol. The molecule has 1 saturated heterocycles. The van der Waals surface area contributed by atoms with Gasteiger partial charge in [-0.2, -0.15) is 0 Å². The average Bonchev–Trinajstić information content (AvgIpc) is 2.39. The van der Waals surface area contributed by atoms with Crippen molar-refractivity contribution < 1.29 is 0 Å². The van der Waals surface area contributed by atoms with Crippen molar-refractivity contribution in [2.75, 3.05) is 19.6 Å². The maximum atomic E-state index is 3.89. The summed E-state index contributed by atoms with van der Waals surface area (Å²) in [5.74, 6) is 0. The number of piperazine rings is 1. The highest BCUT2D eigenvalue weighted by molar-refractivity contribution is 5.00. The van der Waals surface area contributed by atoms with E-state index in [1.165, 1.54) is 77.4 Å². The highest BCUT2D eigenvalue weighted by atomic mass is 15.3. The molecule has 1 atom stereocenters. The number of nitrogens with zero attached hydrogens (tertiary/aromatic N) is 1. The lowest BCUT2D eigenvalue weighted by molar-refractivity contribution is -0.00130. The molecule has 1 spiro atoms. The Bertz CT molecular complexity index is 299. The molecule has 110 valence electrons. The highest BCUT2D eigenvalue weighted by Gasteiger charge is 2.42. The van der Waals surface area contributed by atoms with E-state index in [-0.39, 0.29) is 0 Å². The Labute approximate surface area is 119 Å². The zero-order valence-corrected chi connectivity index (χ0v) is 13.0. The summed E-state index contributed by atoms with van der Waals surface area (Å²) in [6.45, 7) is 8.82. The lowest BCUT2D eigenvalue weighted by Crippen LogP contribution is -2.64. The van der Waals surface area contributed by atoms with Crippen LogP contribution in [0.4, 0.5) is 0 Å². The molecule has 0 aromatic heterocycles. The van der Waals surface area contributed by atoms with Crippen molar-refractivity contribution in [2.24, 2.45) is 5.41 Å². The molecule has 2 aliphatic carbocycles. The van der Waals surface area contributed by atoms with E-state index in [2.05, 4.69) is 24.1 Å². The van der Waals surface area contributed by atoms with Crippen molar-refractivity contribution in [3.05, 3.63) is 0 Å². The molecule has 2 heteroatoms. The predicted octanol–water partition coefficient (Wildman–Crippen LogP) is 3.56. The lowest BCUT2D eigenvalue weighted by atomic mass is 9.71. The van der Waals surface area contributed by atoms with Crippen molar-refractivity contribution >= 4 is 0 Å². The molecule has 0 radical (unpaired) electrons. The summed E-state index contributed by atoms with van der Waals surface area (Å²) < 4.78 is 0. The fourth-order valence-corrected chi connectivity index (χ4v) is 4.97. The zero-order valence-electron chi connectivity index (χ0n) is 13.0. The smallest absolute Gasteiger partial charge is 0.0309 e. The van der Waals surface area contributed by atoms with Gasteiger partial charge in [-0.25, -0.2) is 0 Å². The van der Waals surface area contributed by atoms with Crippen LogP contribution in [-0.4, -0.2) is 36.1 Å².